The Kier molecular flexibility index (Phi) is 6.60. The van der Waals surface area contributed by atoms with Crippen LogP contribution in [0.15, 0.2) is 42.5 Å². The lowest BCUT2D eigenvalue weighted by Crippen LogP contribution is -2.39. The number of carbonyl (C=O) groups excluding carboxylic acids is 1. The van der Waals surface area contributed by atoms with Gasteiger partial charge in [0.25, 0.3) is 5.69 Å². The summed E-state index contributed by atoms with van der Waals surface area (Å²) in [6.07, 6.45) is 0. The van der Waals surface area contributed by atoms with Crippen LogP contribution in [0.1, 0.15) is 20.7 Å². The number of carboxylic acid groups (broad SMARTS) is 2. The van der Waals surface area contributed by atoms with Crippen molar-refractivity contribution in [3.8, 4) is 0 Å². The van der Waals surface area contributed by atoms with Gasteiger partial charge in [-0.2, -0.15) is 0 Å². The molecule has 0 saturated carbocycles. The van der Waals surface area contributed by atoms with Crippen LogP contribution < -0.4 is 10.8 Å². The lowest BCUT2D eigenvalue weighted by atomic mass is 10.1. The Bertz CT molecular complexity index is 692. The second-order valence-corrected chi connectivity index (χ2v) is 5.42. The van der Waals surface area contributed by atoms with Gasteiger partial charge in [-0.15, -0.1) is 0 Å². The summed E-state index contributed by atoms with van der Waals surface area (Å²) in [4.78, 5) is 30.6. The van der Waals surface area contributed by atoms with Crippen molar-refractivity contribution in [3.05, 3.63) is 67.3 Å². The van der Waals surface area contributed by atoms with Crippen LogP contribution >= 0.6 is 22.6 Å². The quantitative estimate of drug-likeness (QED) is 0.419. The highest BCUT2D eigenvalue weighted by molar-refractivity contribution is 14.1. The van der Waals surface area contributed by atoms with Crippen LogP contribution in [0.2, 0.25) is 0 Å². The fourth-order valence-electron chi connectivity index (χ4n) is 1.57. The van der Waals surface area contributed by atoms with Crippen molar-refractivity contribution >= 4 is 45.9 Å². The Morgan fingerprint density at radius 2 is 1.70 bits per heavy atom. The average Bonchev–Trinajstić information content (AvgIpc) is 2.49. The van der Waals surface area contributed by atoms with E-state index in [4.69, 9.17) is 5.11 Å². The van der Waals surface area contributed by atoms with E-state index in [2.05, 4.69) is 28.3 Å². The molecule has 0 aromatic heterocycles. The van der Waals surface area contributed by atoms with E-state index in [-0.39, 0.29) is 0 Å². The molecule has 0 spiro atoms. The van der Waals surface area contributed by atoms with Crippen molar-refractivity contribution in [1.29, 1.82) is 0 Å². The highest BCUT2D eigenvalue weighted by Crippen LogP contribution is 2.21. The third kappa shape index (κ3) is 5.30. The molecule has 0 fully saturated rings. The number of rotatable bonds is 3. The zero-order chi connectivity index (χ0) is 17.6. The first-order valence-corrected chi connectivity index (χ1v) is 7.11. The molecule has 2 aromatic rings. The van der Waals surface area contributed by atoms with Crippen LogP contribution in [0.5, 0.6) is 0 Å². The van der Waals surface area contributed by atoms with Gasteiger partial charge in [-0.1, -0.05) is 12.1 Å². The van der Waals surface area contributed by atoms with E-state index in [1.807, 2.05) is 24.3 Å². The second kappa shape index (κ2) is 8.19. The van der Waals surface area contributed by atoms with Crippen molar-refractivity contribution in [3.63, 3.8) is 0 Å². The molecule has 0 unspecified atom stereocenters. The summed E-state index contributed by atoms with van der Waals surface area (Å²) in [6, 6.07) is 11.0. The van der Waals surface area contributed by atoms with Crippen LogP contribution in [-0.4, -0.2) is 22.0 Å². The van der Waals surface area contributed by atoms with Gasteiger partial charge in [0.15, 0.2) is 0 Å². The molecule has 0 aliphatic rings. The van der Waals surface area contributed by atoms with Crippen molar-refractivity contribution in [2.75, 3.05) is 0 Å². The molecule has 23 heavy (non-hydrogen) atoms. The number of carbonyl (C=O) groups is 2. The van der Waals surface area contributed by atoms with Crippen molar-refractivity contribution in [2.24, 2.45) is 0 Å². The molecule has 120 valence electrons. The molecule has 0 bridgehead atoms. The van der Waals surface area contributed by atoms with Crippen molar-refractivity contribution in [1.82, 2.24) is 0 Å². The SMILES string of the molecule is O=C([O-])c1cccc([N+](=O)[O-])c1C(=O)O.[NH3+]c1ccc(I)cc1. The van der Waals surface area contributed by atoms with Crippen molar-refractivity contribution < 1.29 is 30.5 Å². The van der Waals surface area contributed by atoms with Gasteiger partial charge in [-0.05, 0) is 46.9 Å². The summed E-state index contributed by atoms with van der Waals surface area (Å²) in [7, 11) is 0. The molecule has 0 heterocycles. The van der Waals surface area contributed by atoms with Crippen LogP contribution in [0.4, 0.5) is 11.4 Å². The normalized spacial score (nSPS) is 9.48. The highest BCUT2D eigenvalue weighted by atomic mass is 127. The Morgan fingerprint density at radius 1 is 1.13 bits per heavy atom. The van der Waals surface area contributed by atoms with Gasteiger partial charge < -0.3 is 20.7 Å². The fourth-order valence-corrected chi connectivity index (χ4v) is 1.93. The zero-order valence-electron chi connectivity index (χ0n) is 11.6. The molecule has 8 nitrogen and oxygen atoms in total. The summed E-state index contributed by atoms with van der Waals surface area (Å²) >= 11 is 2.27. The Balaban J connectivity index is 0.000000277. The molecule has 4 N–H and O–H groups in total. The molecule has 0 saturated heterocycles. The first kappa shape index (κ1) is 18.5. The number of hydrogen-bond donors (Lipinski definition) is 2. The Labute approximate surface area is 143 Å². The summed E-state index contributed by atoms with van der Waals surface area (Å²) < 4.78 is 1.26. The van der Waals surface area contributed by atoms with Crippen LogP contribution in [-0.2, 0) is 0 Å². The van der Waals surface area contributed by atoms with Crippen LogP contribution in [0.3, 0.4) is 0 Å². The number of carboxylic acids is 2. The maximum Gasteiger partial charge on any atom is 0.343 e. The van der Waals surface area contributed by atoms with Gasteiger partial charge in [0.1, 0.15) is 11.3 Å². The summed E-state index contributed by atoms with van der Waals surface area (Å²) in [5.41, 5.74) is 2.47. The van der Waals surface area contributed by atoms with Crippen LogP contribution in [0, 0.1) is 13.7 Å². The first-order chi connectivity index (χ1) is 10.7. The number of quaternary nitrogens is 1. The maximum atomic E-state index is 10.7. The molecule has 2 aromatic carbocycles. The minimum atomic E-state index is -1.77. The molecule has 9 heteroatoms. The zero-order valence-corrected chi connectivity index (χ0v) is 13.7. The highest BCUT2D eigenvalue weighted by Gasteiger charge is 2.23. The smallest absolute Gasteiger partial charge is 0.343 e. The minimum Gasteiger partial charge on any atom is -0.545 e. The van der Waals surface area contributed by atoms with Crippen molar-refractivity contribution in [2.45, 2.75) is 0 Å². The molecule has 0 aliphatic carbocycles. The third-order valence-electron chi connectivity index (χ3n) is 2.59. The molecule has 0 atom stereocenters. The van der Waals surface area contributed by atoms with E-state index >= 15 is 0 Å². The maximum absolute atomic E-state index is 10.7. The fraction of sp³-hybridized carbons (Fsp3) is 0. The number of halogens is 1. The summed E-state index contributed by atoms with van der Waals surface area (Å²) in [5.74, 6) is -3.45. The number of nitrogens with zero attached hydrogens (tertiary/aromatic N) is 1. The molecular weight excluding hydrogens is 419 g/mol. The largest absolute Gasteiger partial charge is 0.545 e. The second-order valence-electron chi connectivity index (χ2n) is 4.18. The number of nitro groups is 1. The van der Waals surface area contributed by atoms with Gasteiger partial charge >= 0.3 is 5.97 Å². The first-order valence-electron chi connectivity index (χ1n) is 6.03. The van der Waals surface area contributed by atoms with E-state index in [0.29, 0.717) is 0 Å². The van der Waals surface area contributed by atoms with Gasteiger partial charge in [0.2, 0.25) is 0 Å². The molecule has 2 rings (SSSR count). The summed E-state index contributed by atoms with van der Waals surface area (Å²) in [5, 5.41) is 29.6. The van der Waals surface area contributed by atoms with Gasteiger partial charge in [-0.25, -0.2) is 4.79 Å². The third-order valence-corrected chi connectivity index (χ3v) is 3.31. The number of benzene rings is 2. The van der Waals surface area contributed by atoms with Crippen LogP contribution in [0.25, 0.3) is 0 Å². The number of aromatic carboxylic acids is 2. The predicted octanol–water partition coefficient (Wildman–Crippen LogP) is 0.821. The molecular formula is C14H11IN2O6. The number of hydrogen-bond acceptors (Lipinski definition) is 5. The average molecular weight is 430 g/mol. The standard InChI is InChI=1S/C8H5NO6.C6H6IN/c10-7(11)4-2-1-3-5(9(14)15)6(4)8(12)13;7-5-1-3-6(8)4-2-5/h1-3H,(H,10,11)(H,12,13);1-4H,8H2. The predicted molar refractivity (Wildman–Crippen MR) is 86.1 cm³/mol. The van der Waals surface area contributed by atoms with Gasteiger partial charge in [-0.3, -0.25) is 10.1 Å². The van der Waals surface area contributed by atoms with E-state index in [9.17, 15) is 24.8 Å². The van der Waals surface area contributed by atoms with E-state index in [0.717, 1.165) is 23.9 Å². The lowest BCUT2D eigenvalue weighted by molar-refractivity contribution is -0.385. The van der Waals surface area contributed by atoms with E-state index in [1.54, 1.807) is 0 Å². The molecule has 0 radical (unpaired) electrons. The number of nitro benzene ring substituents is 1. The monoisotopic (exact) mass is 430 g/mol. The lowest BCUT2D eigenvalue weighted by Gasteiger charge is -2.06. The molecule has 0 amide bonds. The van der Waals surface area contributed by atoms with E-state index in [1.165, 1.54) is 3.57 Å². The molecule has 0 aliphatic heterocycles. The Morgan fingerprint density at radius 3 is 2.09 bits per heavy atom. The topological polar surface area (TPSA) is 148 Å². The Hall–Kier alpha value is -2.53. The summed E-state index contributed by atoms with van der Waals surface area (Å²) in [6.45, 7) is 0. The van der Waals surface area contributed by atoms with E-state index < -0.39 is 33.7 Å². The minimum absolute atomic E-state index is 0.711. The van der Waals surface area contributed by atoms with Gasteiger partial charge in [0, 0.05) is 15.2 Å². The van der Waals surface area contributed by atoms with Gasteiger partial charge in [0.05, 0.1) is 10.9 Å².